The summed E-state index contributed by atoms with van der Waals surface area (Å²) >= 11 is 1.44. The third-order valence-electron chi connectivity index (χ3n) is 5.09. The summed E-state index contributed by atoms with van der Waals surface area (Å²) in [5, 5.41) is 4.44. The Balaban J connectivity index is 1.44. The molecule has 1 aromatic carbocycles. The fourth-order valence-corrected chi connectivity index (χ4v) is 4.43. The summed E-state index contributed by atoms with van der Waals surface area (Å²) in [6.45, 7) is 0. The van der Waals surface area contributed by atoms with Gasteiger partial charge in [0.1, 0.15) is 0 Å². The highest BCUT2D eigenvalue weighted by Gasteiger charge is 2.40. The van der Waals surface area contributed by atoms with Gasteiger partial charge in [-0.2, -0.15) is 18.3 Å². The highest BCUT2D eigenvalue weighted by atomic mass is 32.1. The number of rotatable bonds is 2. The lowest BCUT2D eigenvalue weighted by atomic mass is 9.76. The zero-order valence-corrected chi connectivity index (χ0v) is 14.8. The third kappa shape index (κ3) is 2.64. The van der Waals surface area contributed by atoms with Gasteiger partial charge in [0.2, 0.25) is 0 Å². The first-order chi connectivity index (χ1) is 12.9. The molecule has 3 heterocycles. The van der Waals surface area contributed by atoms with E-state index in [1.807, 2.05) is 18.2 Å². The summed E-state index contributed by atoms with van der Waals surface area (Å²) in [6, 6.07) is 8.89. The highest BCUT2D eigenvalue weighted by Crippen LogP contribution is 2.47. The molecule has 1 fully saturated rings. The molecule has 0 unspecified atom stereocenters. The summed E-state index contributed by atoms with van der Waals surface area (Å²) in [4.78, 5) is 8.44. The summed E-state index contributed by atoms with van der Waals surface area (Å²) in [7, 11) is 0. The molecule has 2 N–H and O–H groups in total. The molecule has 27 heavy (non-hydrogen) atoms. The molecule has 0 amide bonds. The summed E-state index contributed by atoms with van der Waals surface area (Å²) in [5.74, 6) is 0.264. The molecule has 4 aromatic rings. The highest BCUT2D eigenvalue weighted by molar-refractivity contribution is 7.22. The molecular weight excluding hydrogens is 375 g/mol. The van der Waals surface area contributed by atoms with Crippen LogP contribution in [0.25, 0.3) is 21.3 Å². The summed E-state index contributed by atoms with van der Waals surface area (Å²) < 4.78 is 42.3. The molecule has 0 aliphatic heterocycles. The minimum atomic E-state index is -4.49. The minimum Gasteiger partial charge on any atom is -0.375 e. The van der Waals surface area contributed by atoms with Crippen LogP contribution in [-0.2, 0) is 6.18 Å². The molecular formula is C18H14F3N5S. The number of alkyl halides is 3. The first kappa shape index (κ1) is 16.5. The SMILES string of the molecule is Nc1nc2cc(C3CC(n4nc(C(F)(F)F)c5cccnc54)C3)ccc2s1. The number of thiazole rings is 1. The standard InChI is InChI=1S/C18H14F3N5S/c19-18(20,21)15-12-2-1-5-23-16(12)26(25-15)11-6-10(7-11)9-3-4-14-13(8-9)24-17(22)27-14/h1-5,8,10-11H,6-7H2,(H2,22,24). The number of anilines is 1. The van der Waals surface area contributed by atoms with Gasteiger partial charge in [0.05, 0.1) is 21.6 Å². The summed E-state index contributed by atoms with van der Waals surface area (Å²) in [6.07, 6.45) is -1.56. The molecule has 1 saturated carbocycles. The molecule has 138 valence electrons. The average Bonchev–Trinajstić information content (AvgIpc) is 3.13. The topological polar surface area (TPSA) is 69.6 Å². The number of benzene rings is 1. The monoisotopic (exact) mass is 389 g/mol. The molecule has 1 aliphatic carbocycles. The van der Waals surface area contributed by atoms with E-state index in [2.05, 4.69) is 15.1 Å². The van der Waals surface area contributed by atoms with Crippen molar-refractivity contribution < 1.29 is 13.2 Å². The Morgan fingerprint density at radius 1 is 1.19 bits per heavy atom. The van der Waals surface area contributed by atoms with Gasteiger partial charge in [-0.05, 0) is 48.6 Å². The van der Waals surface area contributed by atoms with Crippen LogP contribution in [0.3, 0.4) is 0 Å². The Labute approximate surface area is 155 Å². The molecule has 0 saturated heterocycles. The van der Waals surface area contributed by atoms with E-state index in [1.54, 1.807) is 0 Å². The molecule has 5 nitrogen and oxygen atoms in total. The number of hydrogen-bond acceptors (Lipinski definition) is 5. The zero-order chi connectivity index (χ0) is 18.8. The second-order valence-electron chi connectivity index (χ2n) is 6.77. The first-order valence-corrected chi connectivity index (χ1v) is 9.28. The smallest absolute Gasteiger partial charge is 0.375 e. The summed E-state index contributed by atoms with van der Waals surface area (Å²) in [5.41, 5.74) is 7.16. The van der Waals surface area contributed by atoms with Gasteiger partial charge in [-0.15, -0.1) is 0 Å². The quantitative estimate of drug-likeness (QED) is 0.537. The second kappa shape index (κ2) is 5.66. The first-order valence-electron chi connectivity index (χ1n) is 8.46. The van der Waals surface area contributed by atoms with Crippen molar-refractivity contribution in [3.8, 4) is 0 Å². The van der Waals surface area contributed by atoms with Crippen molar-refractivity contribution in [1.82, 2.24) is 19.7 Å². The maximum absolute atomic E-state index is 13.3. The molecule has 0 atom stereocenters. The third-order valence-corrected chi connectivity index (χ3v) is 5.96. The lowest BCUT2D eigenvalue weighted by Gasteiger charge is -2.35. The predicted octanol–water partition coefficient (Wildman–Crippen LogP) is 4.76. The molecule has 9 heteroatoms. The Kier molecular flexibility index (Phi) is 3.45. The number of hydrogen-bond donors (Lipinski definition) is 1. The number of fused-ring (bicyclic) bond motifs is 2. The molecule has 1 aliphatic rings. The van der Waals surface area contributed by atoms with Crippen molar-refractivity contribution in [3.63, 3.8) is 0 Å². The Morgan fingerprint density at radius 2 is 2.00 bits per heavy atom. The van der Waals surface area contributed by atoms with Crippen molar-refractivity contribution in [2.75, 3.05) is 5.73 Å². The van der Waals surface area contributed by atoms with Crippen LogP contribution in [0.2, 0.25) is 0 Å². The number of nitrogens with zero attached hydrogens (tertiary/aromatic N) is 4. The van der Waals surface area contributed by atoms with Crippen LogP contribution in [0.15, 0.2) is 36.5 Å². The maximum Gasteiger partial charge on any atom is 0.435 e. The molecule has 0 bridgehead atoms. The minimum absolute atomic E-state index is 0.0489. The van der Waals surface area contributed by atoms with Gasteiger partial charge in [-0.25, -0.2) is 14.6 Å². The lowest BCUT2D eigenvalue weighted by Crippen LogP contribution is -2.26. The number of nitrogens with two attached hydrogens (primary N) is 1. The van der Waals surface area contributed by atoms with E-state index in [9.17, 15) is 13.2 Å². The van der Waals surface area contributed by atoms with Gasteiger partial charge in [0.25, 0.3) is 0 Å². The zero-order valence-electron chi connectivity index (χ0n) is 13.9. The largest absolute Gasteiger partial charge is 0.435 e. The van der Waals surface area contributed by atoms with Gasteiger partial charge in [0.15, 0.2) is 16.5 Å². The molecule has 0 spiro atoms. The number of pyridine rings is 1. The Bertz CT molecular complexity index is 1160. The van der Waals surface area contributed by atoms with E-state index >= 15 is 0 Å². The van der Waals surface area contributed by atoms with Crippen LogP contribution in [0.5, 0.6) is 0 Å². The molecule has 5 rings (SSSR count). The van der Waals surface area contributed by atoms with E-state index < -0.39 is 11.9 Å². The lowest BCUT2D eigenvalue weighted by molar-refractivity contribution is -0.140. The number of nitrogen functional groups attached to an aromatic ring is 1. The maximum atomic E-state index is 13.3. The van der Waals surface area contributed by atoms with Gasteiger partial charge in [0, 0.05) is 6.20 Å². The molecule has 0 radical (unpaired) electrons. The molecule has 3 aromatic heterocycles. The average molecular weight is 389 g/mol. The Hall–Kier alpha value is -2.68. The second-order valence-corrected chi connectivity index (χ2v) is 7.83. The fraction of sp³-hybridized carbons (Fsp3) is 0.278. The van der Waals surface area contributed by atoms with E-state index in [1.165, 1.54) is 34.3 Å². The number of aromatic nitrogens is 4. The van der Waals surface area contributed by atoms with Gasteiger partial charge in [-0.3, -0.25) is 0 Å². The van der Waals surface area contributed by atoms with Crippen molar-refractivity contribution in [3.05, 3.63) is 47.8 Å². The fourth-order valence-electron chi connectivity index (χ4n) is 3.71. The van der Waals surface area contributed by atoms with E-state index in [4.69, 9.17) is 5.73 Å². The predicted molar refractivity (Wildman–Crippen MR) is 97.6 cm³/mol. The van der Waals surface area contributed by atoms with Crippen LogP contribution >= 0.6 is 11.3 Å². The van der Waals surface area contributed by atoms with Crippen molar-refractivity contribution >= 4 is 37.7 Å². The van der Waals surface area contributed by atoms with E-state index in [0.29, 0.717) is 5.13 Å². The van der Waals surface area contributed by atoms with Crippen molar-refractivity contribution in [1.29, 1.82) is 0 Å². The van der Waals surface area contributed by atoms with Crippen molar-refractivity contribution in [2.24, 2.45) is 0 Å². The van der Waals surface area contributed by atoms with E-state index in [0.717, 1.165) is 28.6 Å². The van der Waals surface area contributed by atoms with Crippen LogP contribution < -0.4 is 5.73 Å². The van der Waals surface area contributed by atoms with Gasteiger partial charge in [-0.1, -0.05) is 17.4 Å². The van der Waals surface area contributed by atoms with Crippen molar-refractivity contribution in [2.45, 2.75) is 31.0 Å². The van der Waals surface area contributed by atoms with Crippen LogP contribution in [-0.4, -0.2) is 19.7 Å². The number of halogens is 3. The van der Waals surface area contributed by atoms with Crippen LogP contribution in [0.4, 0.5) is 18.3 Å². The normalized spacial score (nSPS) is 20.3. The Morgan fingerprint density at radius 3 is 2.78 bits per heavy atom. The van der Waals surface area contributed by atoms with Crippen LogP contribution in [0.1, 0.15) is 36.1 Å². The van der Waals surface area contributed by atoms with Gasteiger partial charge >= 0.3 is 6.18 Å². The van der Waals surface area contributed by atoms with E-state index in [-0.39, 0.29) is 23.0 Å². The van der Waals surface area contributed by atoms with Gasteiger partial charge < -0.3 is 5.73 Å². The van der Waals surface area contributed by atoms with Crippen LogP contribution in [0, 0.1) is 0 Å².